The number of anilines is 1. The molecule has 7 nitrogen and oxygen atoms in total. The van der Waals surface area contributed by atoms with Crippen molar-refractivity contribution >= 4 is 34.3 Å². The Hall–Kier alpha value is -1.96. The standard InChI is InChI=1S/C12H17N3O4S/c1-7(2)11(19)15-12-14-8(6-20-12)5-9(16)13-4-3-10(17)18/h6-7H,3-5H2,1-2H3,(H,13,16)(H,17,18)(H,14,15,19). The zero-order chi connectivity index (χ0) is 15.1. The summed E-state index contributed by atoms with van der Waals surface area (Å²) in [5.41, 5.74) is 0.543. The van der Waals surface area contributed by atoms with Crippen LogP contribution in [-0.2, 0) is 20.8 Å². The van der Waals surface area contributed by atoms with Crippen LogP contribution in [0.3, 0.4) is 0 Å². The van der Waals surface area contributed by atoms with Crippen molar-refractivity contribution in [2.24, 2.45) is 5.92 Å². The lowest BCUT2D eigenvalue weighted by atomic mass is 10.2. The number of hydrogen-bond acceptors (Lipinski definition) is 5. The van der Waals surface area contributed by atoms with Crippen LogP contribution in [0.25, 0.3) is 0 Å². The molecule has 1 heterocycles. The summed E-state index contributed by atoms with van der Waals surface area (Å²) >= 11 is 1.25. The van der Waals surface area contributed by atoms with E-state index >= 15 is 0 Å². The molecule has 3 N–H and O–H groups in total. The van der Waals surface area contributed by atoms with Gasteiger partial charge in [0.2, 0.25) is 11.8 Å². The molecule has 0 unspecified atom stereocenters. The molecule has 0 saturated carbocycles. The molecule has 0 saturated heterocycles. The van der Waals surface area contributed by atoms with Crippen molar-refractivity contribution in [3.05, 3.63) is 11.1 Å². The van der Waals surface area contributed by atoms with Gasteiger partial charge in [-0.15, -0.1) is 11.3 Å². The van der Waals surface area contributed by atoms with Gasteiger partial charge in [0.15, 0.2) is 5.13 Å². The van der Waals surface area contributed by atoms with Crippen LogP contribution in [0.4, 0.5) is 5.13 Å². The van der Waals surface area contributed by atoms with Gasteiger partial charge in [-0.05, 0) is 0 Å². The van der Waals surface area contributed by atoms with E-state index in [1.807, 2.05) is 0 Å². The Morgan fingerprint density at radius 2 is 2.10 bits per heavy atom. The smallest absolute Gasteiger partial charge is 0.305 e. The molecule has 0 fully saturated rings. The fraction of sp³-hybridized carbons (Fsp3) is 0.500. The van der Waals surface area contributed by atoms with Gasteiger partial charge in [-0.25, -0.2) is 4.98 Å². The van der Waals surface area contributed by atoms with Gasteiger partial charge in [-0.1, -0.05) is 13.8 Å². The summed E-state index contributed by atoms with van der Waals surface area (Å²) in [5, 5.41) is 15.7. The number of nitrogens with one attached hydrogen (secondary N) is 2. The third-order valence-corrected chi connectivity index (χ3v) is 3.12. The third kappa shape index (κ3) is 5.79. The summed E-state index contributed by atoms with van der Waals surface area (Å²) in [7, 11) is 0. The van der Waals surface area contributed by atoms with Crippen LogP contribution in [0.5, 0.6) is 0 Å². The molecule has 0 aromatic carbocycles. The average molecular weight is 299 g/mol. The van der Waals surface area contributed by atoms with Crippen molar-refractivity contribution in [1.82, 2.24) is 10.3 Å². The summed E-state index contributed by atoms with van der Waals surface area (Å²) < 4.78 is 0. The Balaban J connectivity index is 2.41. The predicted molar refractivity (Wildman–Crippen MR) is 74.5 cm³/mol. The number of carboxylic acids is 1. The van der Waals surface area contributed by atoms with Crippen molar-refractivity contribution < 1.29 is 19.5 Å². The Bertz CT molecular complexity index is 499. The minimum atomic E-state index is -0.961. The average Bonchev–Trinajstić information content (AvgIpc) is 2.75. The van der Waals surface area contributed by atoms with Crippen LogP contribution in [0.1, 0.15) is 26.0 Å². The highest BCUT2D eigenvalue weighted by Gasteiger charge is 2.11. The SMILES string of the molecule is CC(C)C(=O)Nc1nc(CC(=O)NCCC(=O)O)cs1. The van der Waals surface area contributed by atoms with Crippen LogP contribution >= 0.6 is 11.3 Å². The normalized spacial score (nSPS) is 10.3. The first-order valence-electron chi connectivity index (χ1n) is 6.12. The van der Waals surface area contributed by atoms with E-state index in [2.05, 4.69) is 15.6 Å². The predicted octanol–water partition coefficient (Wildman–Crippen LogP) is 0.871. The number of carbonyl (C=O) groups is 3. The van der Waals surface area contributed by atoms with Gasteiger partial charge in [-0.3, -0.25) is 14.4 Å². The van der Waals surface area contributed by atoms with Crippen LogP contribution in [0.2, 0.25) is 0 Å². The number of aromatic nitrogens is 1. The van der Waals surface area contributed by atoms with Crippen molar-refractivity contribution in [1.29, 1.82) is 0 Å². The largest absolute Gasteiger partial charge is 0.481 e. The van der Waals surface area contributed by atoms with E-state index in [9.17, 15) is 14.4 Å². The zero-order valence-corrected chi connectivity index (χ0v) is 12.1. The molecule has 0 aliphatic rings. The maximum absolute atomic E-state index is 11.5. The topological polar surface area (TPSA) is 108 Å². The first-order chi connectivity index (χ1) is 9.38. The minimum Gasteiger partial charge on any atom is -0.481 e. The Kier molecular flexibility index (Phi) is 6.10. The summed E-state index contributed by atoms with van der Waals surface area (Å²) in [4.78, 5) is 37.4. The van der Waals surface area contributed by atoms with E-state index in [1.54, 1.807) is 19.2 Å². The van der Waals surface area contributed by atoms with Crippen molar-refractivity contribution in [2.75, 3.05) is 11.9 Å². The van der Waals surface area contributed by atoms with Crippen molar-refractivity contribution in [3.63, 3.8) is 0 Å². The number of aliphatic carboxylic acids is 1. The molecule has 0 aliphatic heterocycles. The number of hydrogen-bond donors (Lipinski definition) is 3. The van der Waals surface area contributed by atoms with Gasteiger partial charge >= 0.3 is 5.97 Å². The zero-order valence-electron chi connectivity index (χ0n) is 11.3. The second-order valence-electron chi connectivity index (χ2n) is 4.46. The fourth-order valence-electron chi connectivity index (χ4n) is 1.23. The van der Waals surface area contributed by atoms with Gasteiger partial charge in [0.25, 0.3) is 0 Å². The number of carbonyl (C=O) groups excluding carboxylic acids is 2. The van der Waals surface area contributed by atoms with E-state index in [4.69, 9.17) is 5.11 Å². The number of carboxylic acid groups (broad SMARTS) is 1. The highest BCUT2D eigenvalue weighted by Crippen LogP contribution is 2.16. The second kappa shape index (κ2) is 7.59. The van der Waals surface area contributed by atoms with Crippen molar-refractivity contribution in [2.45, 2.75) is 26.7 Å². The van der Waals surface area contributed by atoms with Crippen LogP contribution in [0, 0.1) is 5.92 Å². The maximum Gasteiger partial charge on any atom is 0.305 e. The van der Waals surface area contributed by atoms with Crippen LogP contribution in [0.15, 0.2) is 5.38 Å². The highest BCUT2D eigenvalue weighted by molar-refractivity contribution is 7.13. The third-order valence-electron chi connectivity index (χ3n) is 2.31. The van der Waals surface area contributed by atoms with Gasteiger partial charge in [0, 0.05) is 17.8 Å². The molecule has 1 rings (SSSR count). The molecule has 1 aromatic rings. The quantitative estimate of drug-likeness (QED) is 0.692. The molecule has 0 atom stereocenters. The number of rotatable bonds is 7. The molecule has 0 radical (unpaired) electrons. The Labute approximate surface area is 120 Å². The van der Waals surface area contributed by atoms with E-state index in [1.165, 1.54) is 11.3 Å². The van der Waals surface area contributed by atoms with Gasteiger partial charge < -0.3 is 15.7 Å². The lowest BCUT2D eigenvalue weighted by molar-refractivity contribution is -0.137. The molecule has 0 bridgehead atoms. The van der Waals surface area contributed by atoms with E-state index in [0.29, 0.717) is 10.8 Å². The molecule has 0 spiro atoms. The number of nitrogens with zero attached hydrogens (tertiary/aromatic N) is 1. The number of amides is 2. The van der Waals surface area contributed by atoms with E-state index < -0.39 is 5.97 Å². The first kappa shape index (κ1) is 16.1. The maximum atomic E-state index is 11.5. The Morgan fingerprint density at radius 3 is 2.70 bits per heavy atom. The number of thiazole rings is 1. The lowest BCUT2D eigenvalue weighted by Gasteiger charge is -2.03. The lowest BCUT2D eigenvalue weighted by Crippen LogP contribution is -2.27. The molecular weight excluding hydrogens is 282 g/mol. The minimum absolute atomic E-state index is 0.0632. The van der Waals surface area contributed by atoms with E-state index in [-0.39, 0.29) is 37.1 Å². The van der Waals surface area contributed by atoms with E-state index in [0.717, 1.165) is 0 Å². The molecule has 1 aromatic heterocycles. The van der Waals surface area contributed by atoms with Crippen LogP contribution < -0.4 is 10.6 Å². The summed E-state index contributed by atoms with van der Waals surface area (Å²) in [6.45, 7) is 3.65. The Morgan fingerprint density at radius 1 is 1.40 bits per heavy atom. The highest BCUT2D eigenvalue weighted by atomic mass is 32.1. The fourth-order valence-corrected chi connectivity index (χ4v) is 1.94. The summed E-state index contributed by atoms with van der Waals surface area (Å²) in [6.07, 6.45) is -0.0494. The summed E-state index contributed by atoms with van der Waals surface area (Å²) in [6, 6.07) is 0. The second-order valence-corrected chi connectivity index (χ2v) is 5.32. The monoisotopic (exact) mass is 299 g/mol. The molecule has 2 amide bonds. The molecule has 20 heavy (non-hydrogen) atoms. The van der Waals surface area contributed by atoms with Crippen LogP contribution in [-0.4, -0.2) is 34.4 Å². The van der Waals surface area contributed by atoms with Gasteiger partial charge in [0.1, 0.15) is 0 Å². The molecular formula is C12H17N3O4S. The van der Waals surface area contributed by atoms with Gasteiger partial charge in [0.05, 0.1) is 18.5 Å². The first-order valence-corrected chi connectivity index (χ1v) is 7.00. The summed E-state index contributed by atoms with van der Waals surface area (Å²) in [5.74, 6) is -1.52. The van der Waals surface area contributed by atoms with Crippen molar-refractivity contribution in [3.8, 4) is 0 Å². The van der Waals surface area contributed by atoms with Gasteiger partial charge in [-0.2, -0.15) is 0 Å². The molecule has 8 heteroatoms. The molecule has 110 valence electrons. The molecule has 0 aliphatic carbocycles.